The number of amides is 1. The molecule has 1 N–H and O–H groups in total. The number of rotatable bonds is 6. The Bertz CT molecular complexity index is 1790. The fourth-order valence-electron chi connectivity index (χ4n) is 4.86. The maximum Gasteiger partial charge on any atom is 0.295 e. The molecule has 1 saturated heterocycles. The molecule has 0 aliphatic carbocycles. The topological polar surface area (TPSA) is 145 Å². The number of nitrogens with zero attached hydrogens (tertiary/aromatic N) is 8. The van der Waals surface area contributed by atoms with Crippen molar-refractivity contribution in [2.75, 3.05) is 13.1 Å². The summed E-state index contributed by atoms with van der Waals surface area (Å²) in [5.41, 5.74) is 2.37. The zero-order valence-corrected chi connectivity index (χ0v) is 23.1. The summed E-state index contributed by atoms with van der Waals surface area (Å²) in [6, 6.07) is 17.2. The molecule has 1 aliphatic rings. The number of carbonyl (C=O) groups is 1. The van der Waals surface area contributed by atoms with Gasteiger partial charge in [0.25, 0.3) is 11.6 Å². The number of aliphatic hydroxyl groups is 1. The van der Waals surface area contributed by atoms with Gasteiger partial charge in [0.2, 0.25) is 0 Å². The van der Waals surface area contributed by atoms with Crippen LogP contribution in [0.4, 0.5) is 5.69 Å². The van der Waals surface area contributed by atoms with Gasteiger partial charge in [-0.2, -0.15) is 0 Å². The SMILES string of the molecule is Cc1cc([C@H](C)n2cc(C3(O)CN(C(=O)c4ccc(-n5nnc6ccccc65)c([N+](=O)[O-])c4)C3)nn2)ccc1Br. The van der Waals surface area contributed by atoms with E-state index in [1.54, 1.807) is 35.1 Å². The third-order valence-electron chi connectivity index (χ3n) is 7.24. The van der Waals surface area contributed by atoms with Crippen LogP contribution in [0.15, 0.2) is 71.3 Å². The Morgan fingerprint density at radius 3 is 2.62 bits per heavy atom. The van der Waals surface area contributed by atoms with Crippen molar-refractivity contribution in [2.24, 2.45) is 0 Å². The molecule has 0 unspecified atom stereocenters. The first-order valence-corrected chi connectivity index (χ1v) is 13.2. The fourth-order valence-corrected chi connectivity index (χ4v) is 5.11. The van der Waals surface area contributed by atoms with E-state index < -0.39 is 16.4 Å². The minimum Gasteiger partial charge on any atom is -0.380 e. The quantitative estimate of drug-likeness (QED) is 0.227. The number of aromatic nitrogens is 6. The summed E-state index contributed by atoms with van der Waals surface area (Å²) in [6.45, 7) is 3.97. The minimum atomic E-state index is -1.37. The number of nitro benzene ring substituents is 1. The Kier molecular flexibility index (Phi) is 6.19. The van der Waals surface area contributed by atoms with Crippen LogP contribution < -0.4 is 0 Å². The normalized spacial score (nSPS) is 15.2. The Hall–Kier alpha value is -4.49. The Morgan fingerprint density at radius 2 is 1.88 bits per heavy atom. The number of halogens is 1. The summed E-state index contributed by atoms with van der Waals surface area (Å²) in [5, 5.41) is 39.6. The summed E-state index contributed by atoms with van der Waals surface area (Å²) in [5.74, 6) is -0.436. The fraction of sp³-hybridized carbons (Fsp3) is 0.222. The van der Waals surface area contributed by atoms with Crippen LogP contribution in [0.25, 0.3) is 16.7 Å². The number of likely N-dealkylation sites (tertiary alicyclic amines) is 1. The third-order valence-corrected chi connectivity index (χ3v) is 8.13. The van der Waals surface area contributed by atoms with Gasteiger partial charge in [0.1, 0.15) is 22.5 Å². The molecule has 1 atom stereocenters. The van der Waals surface area contributed by atoms with Crippen molar-refractivity contribution in [1.82, 2.24) is 34.9 Å². The molecule has 1 fully saturated rings. The first-order valence-electron chi connectivity index (χ1n) is 12.4. The van der Waals surface area contributed by atoms with Crippen LogP contribution >= 0.6 is 15.9 Å². The van der Waals surface area contributed by atoms with E-state index in [2.05, 4.69) is 42.6 Å². The second-order valence-corrected chi connectivity index (χ2v) is 10.8. The van der Waals surface area contributed by atoms with Gasteiger partial charge in [-0.15, -0.1) is 10.2 Å². The molecule has 0 saturated carbocycles. The molecule has 3 aromatic carbocycles. The highest BCUT2D eigenvalue weighted by Gasteiger charge is 2.47. The van der Waals surface area contributed by atoms with Gasteiger partial charge in [0.15, 0.2) is 0 Å². The lowest BCUT2D eigenvalue weighted by atomic mass is 9.90. The van der Waals surface area contributed by atoms with Crippen molar-refractivity contribution in [2.45, 2.75) is 25.5 Å². The number of para-hydroxylation sites is 1. The molecule has 0 bridgehead atoms. The lowest BCUT2D eigenvalue weighted by Gasteiger charge is -2.45. The number of aryl methyl sites for hydroxylation is 1. The summed E-state index contributed by atoms with van der Waals surface area (Å²) in [6.07, 6.45) is 1.69. The van der Waals surface area contributed by atoms with Crippen LogP contribution in [0.1, 0.15) is 40.1 Å². The number of β-amino-alcohol motifs (C(OH)–C–C–N with tert-alkyl or cyclic N) is 1. The van der Waals surface area contributed by atoms with Crippen LogP contribution in [0.3, 0.4) is 0 Å². The number of hydrogen-bond acceptors (Lipinski definition) is 8. The maximum atomic E-state index is 13.2. The van der Waals surface area contributed by atoms with E-state index in [9.17, 15) is 20.0 Å². The van der Waals surface area contributed by atoms with Crippen molar-refractivity contribution in [1.29, 1.82) is 0 Å². The van der Waals surface area contributed by atoms with Gasteiger partial charge in [-0.1, -0.05) is 50.6 Å². The van der Waals surface area contributed by atoms with E-state index in [4.69, 9.17) is 0 Å². The van der Waals surface area contributed by atoms with Crippen molar-refractivity contribution < 1.29 is 14.8 Å². The second kappa shape index (κ2) is 9.61. The molecule has 1 amide bonds. The van der Waals surface area contributed by atoms with Gasteiger partial charge in [0, 0.05) is 16.1 Å². The van der Waals surface area contributed by atoms with E-state index >= 15 is 0 Å². The number of fused-ring (bicyclic) bond motifs is 1. The van der Waals surface area contributed by atoms with Gasteiger partial charge >= 0.3 is 0 Å². The van der Waals surface area contributed by atoms with Crippen LogP contribution in [-0.4, -0.2) is 63.9 Å². The number of nitro groups is 1. The average molecular weight is 603 g/mol. The molecule has 2 aromatic heterocycles. The smallest absolute Gasteiger partial charge is 0.295 e. The molecule has 6 rings (SSSR count). The molecule has 3 heterocycles. The van der Waals surface area contributed by atoms with Gasteiger partial charge in [0.05, 0.1) is 35.8 Å². The summed E-state index contributed by atoms with van der Waals surface area (Å²) < 4.78 is 4.07. The minimum absolute atomic E-state index is 0.0143. The van der Waals surface area contributed by atoms with E-state index in [0.29, 0.717) is 16.7 Å². The van der Waals surface area contributed by atoms with E-state index in [0.717, 1.165) is 15.6 Å². The van der Waals surface area contributed by atoms with Crippen molar-refractivity contribution in [3.8, 4) is 5.69 Å². The Labute approximate surface area is 236 Å². The first-order chi connectivity index (χ1) is 19.1. The monoisotopic (exact) mass is 602 g/mol. The molecule has 1 aliphatic heterocycles. The lowest BCUT2D eigenvalue weighted by molar-refractivity contribution is -0.384. The van der Waals surface area contributed by atoms with Crippen molar-refractivity contribution in [3.63, 3.8) is 0 Å². The van der Waals surface area contributed by atoms with Gasteiger partial charge in [-0.25, -0.2) is 9.36 Å². The molecular weight excluding hydrogens is 580 g/mol. The molecule has 202 valence electrons. The Morgan fingerprint density at radius 1 is 1.10 bits per heavy atom. The highest BCUT2D eigenvalue weighted by Crippen LogP contribution is 2.34. The van der Waals surface area contributed by atoms with Crippen LogP contribution in [-0.2, 0) is 5.60 Å². The molecule has 40 heavy (non-hydrogen) atoms. The lowest BCUT2D eigenvalue weighted by Crippen LogP contribution is -2.61. The highest BCUT2D eigenvalue weighted by molar-refractivity contribution is 9.10. The van der Waals surface area contributed by atoms with Crippen molar-refractivity contribution in [3.05, 3.63) is 104 Å². The zero-order valence-electron chi connectivity index (χ0n) is 21.5. The largest absolute Gasteiger partial charge is 0.380 e. The zero-order chi connectivity index (χ0) is 28.2. The molecule has 0 spiro atoms. The maximum absolute atomic E-state index is 13.2. The van der Waals surface area contributed by atoms with Crippen LogP contribution in [0.2, 0.25) is 0 Å². The predicted octanol–water partition coefficient (Wildman–Crippen LogP) is 3.94. The molecule has 13 heteroatoms. The molecular formula is C27H23BrN8O4. The van der Waals surface area contributed by atoms with Crippen LogP contribution in [0.5, 0.6) is 0 Å². The third kappa shape index (κ3) is 4.32. The predicted molar refractivity (Wildman–Crippen MR) is 148 cm³/mol. The summed E-state index contributed by atoms with van der Waals surface area (Å²) in [7, 11) is 0. The average Bonchev–Trinajstić information content (AvgIpc) is 3.60. The number of benzene rings is 3. The summed E-state index contributed by atoms with van der Waals surface area (Å²) >= 11 is 3.51. The standard InChI is InChI=1S/C27H23BrN8O4/c1-16-11-18(7-9-20(16)28)17(2)34-13-25(30-31-34)27(38)14-33(15-27)26(37)19-8-10-23(24(12-19)36(39)40)35-22-6-4-3-5-21(22)29-32-35/h3-13,17,38H,14-15H2,1-2H3/t17-/m0/s1. The second-order valence-electron chi connectivity index (χ2n) is 9.91. The Balaban J connectivity index is 1.20. The first kappa shape index (κ1) is 25.8. The van der Waals surface area contributed by atoms with Gasteiger partial charge in [-0.3, -0.25) is 14.9 Å². The molecule has 12 nitrogen and oxygen atoms in total. The van der Waals surface area contributed by atoms with Gasteiger partial charge in [-0.05, 0) is 55.3 Å². The molecule has 5 aromatic rings. The number of carbonyl (C=O) groups excluding carboxylic acids is 1. The van der Waals surface area contributed by atoms with E-state index in [1.165, 1.54) is 27.8 Å². The van der Waals surface area contributed by atoms with Crippen molar-refractivity contribution >= 4 is 38.6 Å². The van der Waals surface area contributed by atoms with E-state index in [-0.39, 0.29) is 36.1 Å². The molecule has 0 radical (unpaired) electrons. The van der Waals surface area contributed by atoms with Gasteiger partial charge < -0.3 is 10.0 Å². The number of hydrogen-bond donors (Lipinski definition) is 1. The highest BCUT2D eigenvalue weighted by atomic mass is 79.9. The summed E-state index contributed by atoms with van der Waals surface area (Å²) in [4.78, 5) is 26.0. The van der Waals surface area contributed by atoms with Crippen LogP contribution in [0, 0.1) is 17.0 Å². The van der Waals surface area contributed by atoms with E-state index in [1.807, 2.05) is 26.0 Å².